The molecule has 0 bridgehead atoms. The van der Waals surface area contributed by atoms with Crippen molar-refractivity contribution in [2.45, 2.75) is 33.4 Å². The van der Waals surface area contributed by atoms with Crippen molar-refractivity contribution >= 4 is 33.9 Å². The van der Waals surface area contributed by atoms with E-state index in [-0.39, 0.29) is 5.63 Å². The van der Waals surface area contributed by atoms with Gasteiger partial charge in [0, 0.05) is 34.9 Å². The van der Waals surface area contributed by atoms with E-state index < -0.39 is 0 Å². The molecule has 126 valence electrons. The largest absolute Gasteiger partial charge is 0.423 e. The second-order valence-electron chi connectivity index (χ2n) is 5.91. The zero-order valence-electron chi connectivity index (χ0n) is 13.9. The Bertz CT molecular complexity index is 932. The van der Waals surface area contributed by atoms with Crippen LogP contribution in [0, 0.1) is 6.92 Å². The van der Waals surface area contributed by atoms with E-state index in [9.17, 15) is 4.79 Å². The Morgan fingerprint density at radius 3 is 2.71 bits per heavy atom. The maximum Gasteiger partial charge on any atom is 0.336 e. The molecule has 0 spiro atoms. The topological polar surface area (TPSA) is 46.3 Å². The summed E-state index contributed by atoms with van der Waals surface area (Å²) in [6.07, 6.45) is 0.797. The third kappa shape index (κ3) is 3.69. The molecule has 24 heavy (non-hydrogen) atoms. The quantitative estimate of drug-likeness (QED) is 0.631. The van der Waals surface area contributed by atoms with Gasteiger partial charge in [-0.3, -0.25) is 4.90 Å². The predicted molar refractivity (Wildman–Crippen MR) is 98.9 cm³/mol. The van der Waals surface area contributed by atoms with Crippen molar-refractivity contribution in [2.24, 2.45) is 0 Å². The van der Waals surface area contributed by atoms with E-state index in [1.165, 1.54) is 0 Å². The highest BCUT2D eigenvalue weighted by Crippen LogP contribution is 2.27. The van der Waals surface area contributed by atoms with Crippen molar-refractivity contribution in [3.63, 3.8) is 0 Å². The van der Waals surface area contributed by atoms with Crippen molar-refractivity contribution in [1.82, 2.24) is 9.88 Å². The Labute approximate surface area is 149 Å². The Kier molecular flexibility index (Phi) is 5.04. The Balaban J connectivity index is 1.93. The average molecular weight is 363 g/mol. The van der Waals surface area contributed by atoms with Gasteiger partial charge in [0.1, 0.15) is 5.58 Å². The van der Waals surface area contributed by atoms with E-state index in [1.807, 2.05) is 33.0 Å². The maximum atomic E-state index is 11.9. The second-order valence-corrected chi connectivity index (χ2v) is 7.38. The molecule has 6 heteroatoms. The third-order valence-electron chi connectivity index (χ3n) is 3.92. The van der Waals surface area contributed by atoms with E-state index in [0.717, 1.165) is 40.2 Å². The summed E-state index contributed by atoms with van der Waals surface area (Å²) in [6.45, 7) is 5.38. The molecule has 0 aliphatic rings. The van der Waals surface area contributed by atoms with Gasteiger partial charge in [0.15, 0.2) is 0 Å². The Hall–Kier alpha value is -1.69. The number of aryl methyl sites for hydroxylation is 2. The van der Waals surface area contributed by atoms with Crippen LogP contribution in [0.15, 0.2) is 32.8 Å². The van der Waals surface area contributed by atoms with Crippen molar-refractivity contribution in [1.29, 1.82) is 0 Å². The van der Waals surface area contributed by atoms with Crippen LogP contribution in [-0.4, -0.2) is 16.9 Å². The first-order valence-corrected chi connectivity index (χ1v) is 9.06. The van der Waals surface area contributed by atoms with Crippen LogP contribution in [0.5, 0.6) is 0 Å². The van der Waals surface area contributed by atoms with Gasteiger partial charge in [0.2, 0.25) is 0 Å². The minimum atomic E-state index is -0.334. The Morgan fingerprint density at radius 1 is 1.25 bits per heavy atom. The average Bonchev–Trinajstić information content (AvgIpc) is 2.92. The number of thiazole rings is 1. The van der Waals surface area contributed by atoms with Gasteiger partial charge in [-0.25, -0.2) is 9.78 Å². The molecule has 0 saturated heterocycles. The summed E-state index contributed by atoms with van der Waals surface area (Å²) < 4.78 is 5.36. The number of rotatable bonds is 5. The molecule has 0 fully saturated rings. The predicted octanol–water partition coefficient (Wildman–Crippen LogP) is 4.41. The van der Waals surface area contributed by atoms with Gasteiger partial charge in [0.05, 0.1) is 10.7 Å². The fraction of sp³-hybridized carbons (Fsp3) is 0.333. The summed E-state index contributed by atoms with van der Waals surface area (Å²) in [7, 11) is 2.01. The van der Waals surface area contributed by atoms with Crippen molar-refractivity contribution in [3.8, 4) is 0 Å². The number of nitrogens with zero attached hydrogens (tertiary/aromatic N) is 2. The lowest BCUT2D eigenvalue weighted by Crippen LogP contribution is -2.18. The minimum absolute atomic E-state index is 0.334. The number of fused-ring (bicyclic) bond motifs is 1. The standard InChI is InChI=1S/C18H19ClN2O2S/c1-4-12-5-17-15(7-16(12)19)13(6-18(22)23-17)8-21(3)9-14-10-24-11(2)20-14/h5-7,10H,4,8-9H2,1-3H3. The normalized spacial score (nSPS) is 11.5. The molecular weight excluding hydrogens is 344 g/mol. The number of hydrogen-bond acceptors (Lipinski definition) is 5. The van der Waals surface area contributed by atoms with Gasteiger partial charge in [0.25, 0.3) is 0 Å². The summed E-state index contributed by atoms with van der Waals surface area (Å²) in [4.78, 5) is 18.5. The lowest BCUT2D eigenvalue weighted by molar-refractivity contribution is 0.316. The highest BCUT2D eigenvalue weighted by Gasteiger charge is 2.12. The first-order valence-electron chi connectivity index (χ1n) is 7.81. The van der Waals surface area contributed by atoms with Crippen LogP contribution < -0.4 is 5.63 Å². The van der Waals surface area contributed by atoms with Gasteiger partial charge in [-0.05, 0) is 43.7 Å². The van der Waals surface area contributed by atoms with E-state index in [0.29, 0.717) is 17.2 Å². The van der Waals surface area contributed by atoms with Crippen molar-refractivity contribution in [3.05, 3.63) is 60.9 Å². The summed E-state index contributed by atoms with van der Waals surface area (Å²) in [5.41, 5.74) is 3.20. The lowest BCUT2D eigenvalue weighted by atomic mass is 10.1. The van der Waals surface area contributed by atoms with E-state index in [2.05, 4.69) is 15.3 Å². The molecular formula is C18H19ClN2O2S. The molecule has 0 radical (unpaired) electrons. The molecule has 0 aliphatic carbocycles. The molecule has 0 unspecified atom stereocenters. The van der Waals surface area contributed by atoms with Crippen LogP contribution in [0.25, 0.3) is 11.0 Å². The van der Waals surface area contributed by atoms with Gasteiger partial charge < -0.3 is 4.42 Å². The number of hydrogen-bond donors (Lipinski definition) is 0. The van der Waals surface area contributed by atoms with Crippen LogP contribution >= 0.6 is 22.9 Å². The van der Waals surface area contributed by atoms with Gasteiger partial charge in [-0.1, -0.05) is 18.5 Å². The van der Waals surface area contributed by atoms with Gasteiger partial charge >= 0.3 is 5.63 Å². The van der Waals surface area contributed by atoms with E-state index in [1.54, 1.807) is 17.4 Å². The summed E-state index contributed by atoms with van der Waals surface area (Å²) in [5.74, 6) is 0. The van der Waals surface area contributed by atoms with Crippen LogP contribution in [0.3, 0.4) is 0 Å². The molecule has 1 aromatic carbocycles. The molecule has 3 rings (SSSR count). The minimum Gasteiger partial charge on any atom is -0.423 e. The molecule has 3 aromatic rings. The molecule has 0 N–H and O–H groups in total. The summed E-state index contributed by atoms with van der Waals surface area (Å²) >= 11 is 7.99. The third-order valence-corrected chi connectivity index (χ3v) is 5.09. The molecule has 2 aromatic heterocycles. The number of benzene rings is 1. The van der Waals surface area contributed by atoms with Gasteiger partial charge in [-0.15, -0.1) is 11.3 Å². The maximum absolute atomic E-state index is 11.9. The van der Waals surface area contributed by atoms with Crippen LogP contribution in [-0.2, 0) is 19.5 Å². The fourth-order valence-electron chi connectivity index (χ4n) is 2.79. The number of halogens is 1. The highest BCUT2D eigenvalue weighted by molar-refractivity contribution is 7.09. The summed E-state index contributed by atoms with van der Waals surface area (Å²) in [5, 5.41) is 4.72. The van der Waals surface area contributed by atoms with Crippen LogP contribution in [0.4, 0.5) is 0 Å². The Morgan fingerprint density at radius 2 is 2.04 bits per heavy atom. The molecule has 2 heterocycles. The zero-order valence-corrected chi connectivity index (χ0v) is 15.5. The van der Waals surface area contributed by atoms with Gasteiger partial charge in [-0.2, -0.15) is 0 Å². The van der Waals surface area contributed by atoms with Crippen LogP contribution in [0.1, 0.15) is 28.8 Å². The smallest absolute Gasteiger partial charge is 0.336 e. The van der Waals surface area contributed by atoms with E-state index in [4.69, 9.17) is 16.0 Å². The first kappa shape index (κ1) is 17.1. The highest BCUT2D eigenvalue weighted by atomic mass is 35.5. The van der Waals surface area contributed by atoms with Crippen molar-refractivity contribution in [2.75, 3.05) is 7.05 Å². The van der Waals surface area contributed by atoms with Crippen molar-refractivity contribution < 1.29 is 4.42 Å². The molecule has 4 nitrogen and oxygen atoms in total. The zero-order chi connectivity index (χ0) is 17.3. The second kappa shape index (κ2) is 7.05. The van der Waals surface area contributed by atoms with E-state index >= 15 is 0 Å². The summed E-state index contributed by atoms with van der Waals surface area (Å²) in [6, 6.07) is 5.31. The molecule has 0 atom stereocenters. The van der Waals surface area contributed by atoms with Crippen LogP contribution in [0.2, 0.25) is 5.02 Å². The number of aromatic nitrogens is 1. The lowest BCUT2D eigenvalue weighted by Gasteiger charge is -2.16. The first-order chi connectivity index (χ1) is 11.5. The molecule has 0 aliphatic heterocycles. The molecule has 0 amide bonds. The monoisotopic (exact) mass is 362 g/mol. The molecule has 0 saturated carbocycles. The fourth-order valence-corrected chi connectivity index (χ4v) is 3.70. The SMILES string of the molecule is CCc1cc2oc(=O)cc(CN(C)Cc3csc(C)n3)c2cc1Cl.